The summed E-state index contributed by atoms with van der Waals surface area (Å²) in [6.45, 7) is 6.78. The zero-order valence-electron chi connectivity index (χ0n) is 12.2. The predicted molar refractivity (Wildman–Crippen MR) is 79.3 cm³/mol. The quantitative estimate of drug-likeness (QED) is 0.925. The molecule has 2 aromatic rings. The molecule has 20 heavy (non-hydrogen) atoms. The molecule has 2 N–H and O–H groups in total. The summed E-state index contributed by atoms with van der Waals surface area (Å²) in [6.07, 6.45) is 0.843. The molecular weight excluding hydrogens is 248 g/mol. The maximum atomic E-state index is 8.94. The van der Waals surface area contributed by atoms with Gasteiger partial charge in [0.05, 0.1) is 23.9 Å². The third kappa shape index (κ3) is 3.06. The Balaban J connectivity index is 2.28. The fourth-order valence-electron chi connectivity index (χ4n) is 2.42. The molecule has 0 saturated heterocycles. The highest BCUT2D eigenvalue weighted by Crippen LogP contribution is 2.16. The number of hydrogen-bond donors (Lipinski definition) is 1. The van der Waals surface area contributed by atoms with Gasteiger partial charge >= 0.3 is 0 Å². The van der Waals surface area contributed by atoms with Gasteiger partial charge in [-0.05, 0) is 50.5 Å². The third-order valence-electron chi connectivity index (χ3n) is 3.45. The van der Waals surface area contributed by atoms with Crippen molar-refractivity contribution in [1.29, 1.82) is 5.26 Å². The highest BCUT2D eigenvalue weighted by molar-refractivity contribution is 5.33. The van der Waals surface area contributed by atoms with E-state index < -0.39 is 0 Å². The van der Waals surface area contributed by atoms with E-state index >= 15 is 0 Å². The molecule has 0 aliphatic heterocycles. The Labute approximate surface area is 119 Å². The van der Waals surface area contributed by atoms with Gasteiger partial charge in [-0.15, -0.1) is 0 Å². The molecule has 0 aliphatic rings. The van der Waals surface area contributed by atoms with Crippen LogP contribution in [0.5, 0.6) is 0 Å². The number of rotatable bonds is 4. The molecule has 1 atom stereocenters. The molecule has 0 aliphatic carbocycles. The molecule has 0 saturated carbocycles. The van der Waals surface area contributed by atoms with Crippen molar-refractivity contribution in [2.24, 2.45) is 5.73 Å². The maximum absolute atomic E-state index is 8.94. The van der Waals surface area contributed by atoms with Crippen LogP contribution in [0.1, 0.15) is 35.0 Å². The first-order valence-corrected chi connectivity index (χ1v) is 6.78. The van der Waals surface area contributed by atoms with Crippen LogP contribution in [-0.4, -0.2) is 15.8 Å². The summed E-state index contributed by atoms with van der Waals surface area (Å²) in [4.78, 5) is 0. The first-order valence-electron chi connectivity index (χ1n) is 6.78. The van der Waals surface area contributed by atoms with Gasteiger partial charge in [0.1, 0.15) is 0 Å². The highest BCUT2D eigenvalue weighted by atomic mass is 15.3. The van der Waals surface area contributed by atoms with Crippen LogP contribution in [0.15, 0.2) is 24.3 Å². The van der Waals surface area contributed by atoms with Crippen LogP contribution >= 0.6 is 0 Å². The third-order valence-corrected chi connectivity index (χ3v) is 3.45. The summed E-state index contributed by atoms with van der Waals surface area (Å²) in [6, 6.07) is 9.93. The summed E-state index contributed by atoms with van der Waals surface area (Å²) >= 11 is 0. The van der Waals surface area contributed by atoms with Crippen molar-refractivity contribution in [2.45, 2.75) is 39.8 Å². The second kappa shape index (κ2) is 5.89. The Bertz CT molecular complexity index is 647. The second-order valence-corrected chi connectivity index (χ2v) is 5.30. The van der Waals surface area contributed by atoms with Gasteiger partial charge in [-0.3, -0.25) is 4.68 Å². The van der Waals surface area contributed by atoms with Crippen molar-refractivity contribution < 1.29 is 0 Å². The summed E-state index contributed by atoms with van der Waals surface area (Å²) in [5.74, 6) is 0. The molecule has 1 unspecified atom stereocenters. The minimum atomic E-state index is 0.131. The van der Waals surface area contributed by atoms with Crippen LogP contribution in [0.4, 0.5) is 0 Å². The van der Waals surface area contributed by atoms with Crippen molar-refractivity contribution in [3.63, 3.8) is 0 Å². The number of nitrogens with two attached hydrogens (primary N) is 1. The molecular formula is C16H20N4. The molecule has 4 nitrogen and oxygen atoms in total. The Morgan fingerprint density at radius 3 is 2.80 bits per heavy atom. The molecule has 104 valence electrons. The van der Waals surface area contributed by atoms with Gasteiger partial charge in [0, 0.05) is 11.7 Å². The molecule has 0 radical (unpaired) electrons. The average molecular weight is 268 g/mol. The summed E-state index contributed by atoms with van der Waals surface area (Å²) in [7, 11) is 0. The van der Waals surface area contributed by atoms with Crippen molar-refractivity contribution in [2.75, 3.05) is 0 Å². The van der Waals surface area contributed by atoms with Gasteiger partial charge in [0.25, 0.3) is 0 Å². The lowest BCUT2D eigenvalue weighted by Gasteiger charge is -2.07. The van der Waals surface area contributed by atoms with Gasteiger partial charge < -0.3 is 5.73 Å². The molecule has 0 bridgehead atoms. The first-order chi connectivity index (χ1) is 9.51. The van der Waals surface area contributed by atoms with Crippen LogP contribution in [0.25, 0.3) is 0 Å². The van der Waals surface area contributed by atoms with E-state index in [4.69, 9.17) is 11.0 Å². The Morgan fingerprint density at radius 2 is 2.15 bits per heavy atom. The Hall–Kier alpha value is -2.12. The Kier molecular flexibility index (Phi) is 4.21. The van der Waals surface area contributed by atoms with E-state index in [1.54, 1.807) is 0 Å². The number of hydrogen-bond acceptors (Lipinski definition) is 3. The number of aryl methyl sites for hydroxylation is 1. The van der Waals surface area contributed by atoms with Gasteiger partial charge in [-0.1, -0.05) is 12.1 Å². The first kappa shape index (κ1) is 14.3. The zero-order valence-corrected chi connectivity index (χ0v) is 12.2. The maximum Gasteiger partial charge on any atom is 0.0991 e. The minimum Gasteiger partial charge on any atom is -0.328 e. The van der Waals surface area contributed by atoms with E-state index in [1.165, 1.54) is 5.56 Å². The number of benzene rings is 1. The summed E-state index contributed by atoms with van der Waals surface area (Å²) < 4.78 is 1.99. The van der Waals surface area contributed by atoms with Crippen molar-refractivity contribution in [1.82, 2.24) is 9.78 Å². The lowest BCUT2D eigenvalue weighted by molar-refractivity contribution is 0.656. The van der Waals surface area contributed by atoms with E-state index in [0.29, 0.717) is 12.1 Å². The molecule has 0 amide bonds. The molecule has 2 rings (SSSR count). The lowest BCUT2D eigenvalue weighted by atomic mass is 10.1. The molecule has 1 aromatic carbocycles. The Morgan fingerprint density at radius 1 is 1.40 bits per heavy atom. The zero-order chi connectivity index (χ0) is 14.7. The molecule has 0 spiro atoms. The topological polar surface area (TPSA) is 67.6 Å². The lowest BCUT2D eigenvalue weighted by Crippen LogP contribution is -2.18. The minimum absolute atomic E-state index is 0.131. The largest absolute Gasteiger partial charge is 0.328 e. The monoisotopic (exact) mass is 268 g/mol. The van der Waals surface area contributed by atoms with E-state index in [1.807, 2.05) is 42.8 Å². The van der Waals surface area contributed by atoms with Crippen molar-refractivity contribution in [3.8, 4) is 6.07 Å². The van der Waals surface area contributed by atoms with Gasteiger partial charge in [0.2, 0.25) is 0 Å². The fourth-order valence-corrected chi connectivity index (χ4v) is 2.42. The van der Waals surface area contributed by atoms with Gasteiger partial charge in [-0.2, -0.15) is 10.4 Å². The fraction of sp³-hybridized carbons (Fsp3) is 0.375. The van der Waals surface area contributed by atoms with E-state index in [9.17, 15) is 0 Å². The molecule has 1 heterocycles. The van der Waals surface area contributed by atoms with Crippen molar-refractivity contribution in [3.05, 3.63) is 52.3 Å². The van der Waals surface area contributed by atoms with Gasteiger partial charge in [0.15, 0.2) is 0 Å². The van der Waals surface area contributed by atoms with Crippen LogP contribution in [0.2, 0.25) is 0 Å². The van der Waals surface area contributed by atoms with E-state index in [-0.39, 0.29) is 6.04 Å². The van der Waals surface area contributed by atoms with Crippen LogP contribution in [0.3, 0.4) is 0 Å². The van der Waals surface area contributed by atoms with Crippen LogP contribution < -0.4 is 5.73 Å². The molecule has 4 heteroatoms. The van der Waals surface area contributed by atoms with E-state index in [0.717, 1.165) is 23.4 Å². The summed E-state index contributed by atoms with van der Waals surface area (Å²) in [5, 5.41) is 13.5. The molecule has 0 fully saturated rings. The normalized spacial score (nSPS) is 12.2. The van der Waals surface area contributed by atoms with Gasteiger partial charge in [-0.25, -0.2) is 0 Å². The smallest absolute Gasteiger partial charge is 0.0991 e. The SMILES string of the molecule is Cc1nn(Cc2cccc(C#N)c2)c(C)c1CC(C)N. The summed E-state index contributed by atoms with van der Waals surface area (Å²) in [5.41, 5.74) is 11.1. The average Bonchev–Trinajstić information content (AvgIpc) is 2.66. The van der Waals surface area contributed by atoms with Crippen LogP contribution in [0, 0.1) is 25.2 Å². The van der Waals surface area contributed by atoms with Crippen molar-refractivity contribution >= 4 is 0 Å². The second-order valence-electron chi connectivity index (χ2n) is 5.30. The molecule has 1 aromatic heterocycles. The number of nitriles is 1. The number of nitrogens with zero attached hydrogens (tertiary/aromatic N) is 3. The number of aromatic nitrogens is 2. The van der Waals surface area contributed by atoms with Crippen LogP contribution in [-0.2, 0) is 13.0 Å². The highest BCUT2D eigenvalue weighted by Gasteiger charge is 2.13. The van der Waals surface area contributed by atoms with E-state index in [2.05, 4.69) is 18.1 Å². The standard InChI is InChI=1S/C16H20N4/c1-11(18)7-16-12(2)19-20(13(16)3)10-15-6-4-5-14(8-15)9-17/h4-6,8,11H,7,10,18H2,1-3H3. The predicted octanol–water partition coefficient (Wildman–Crippen LogP) is 2.31.